The van der Waals surface area contributed by atoms with Crippen LogP contribution in [0.2, 0.25) is 0 Å². The zero-order chi connectivity index (χ0) is 11.4. The maximum Gasteiger partial charge on any atom is 0.346 e. The maximum atomic E-state index is 11.1. The number of rotatable bonds is 3. The second kappa shape index (κ2) is 4.68. The van der Waals surface area contributed by atoms with Crippen LogP contribution in [-0.4, -0.2) is 19.2 Å². The van der Waals surface area contributed by atoms with Gasteiger partial charge in [-0.3, -0.25) is 0 Å². The highest BCUT2D eigenvalue weighted by Gasteiger charge is 2.16. The SMILES string of the molecule is COC(=O)C(C)Oc1cccc(C)c1N. The zero-order valence-electron chi connectivity index (χ0n) is 9.11. The predicted molar refractivity (Wildman–Crippen MR) is 57.7 cm³/mol. The van der Waals surface area contributed by atoms with Gasteiger partial charge in [-0.25, -0.2) is 4.79 Å². The van der Waals surface area contributed by atoms with Gasteiger partial charge in [-0.1, -0.05) is 12.1 Å². The maximum absolute atomic E-state index is 11.1. The Morgan fingerprint density at radius 1 is 1.47 bits per heavy atom. The van der Waals surface area contributed by atoms with Gasteiger partial charge < -0.3 is 15.2 Å². The van der Waals surface area contributed by atoms with E-state index in [4.69, 9.17) is 10.5 Å². The lowest BCUT2D eigenvalue weighted by molar-refractivity contribution is -0.147. The molecular formula is C11H15NO3. The van der Waals surface area contributed by atoms with Gasteiger partial charge in [-0.05, 0) is 25.5 Å². The molecule has 0 saturated heterocycles. The van der Waals surface area contributed by atoms with E-state index in [0.29, 0.717) is 11.4 Å². The third-order valence-electron chi connectivity index (χ3n) is 2.12. The van der Waals surface area contributed by atoms with Crippen molar-refractivity contribution in [2.75, 3.05) is 12.8 Å². The molecule has 15 heavy (non-hydrogen) atoms. The third-order valence-corrected chi connectivity index (χ3v) is 2.12. The van der Waals surface area contributed by atoms with Crippen LogP contribution < -0.4 is 10.5 Å². The van der Waals surface area contributed by atoms with Crippen molar-refractivity contribution in [1.29, 1.82) is 0 Å². The van der Waals surface area contributed by atoms with Gasteiger partial charge in [0.15, 0.2) is 6.10 Å². The van der Waals surface area contributed by atoms with E-state index in [1.165, 1.54) is 7.11 Å². The van der Waals surface area contributed by atoms with Crippen LogP contribution in [0, 0.1) is 6.92 Å². The summed E-state index contributed by atoms with van der Waals surface area (Å²) in [6, 6.07) is 5.43. The van der Waals surface area contributed by atoms with E-state index in [1.807, 2.05) is 19.1 Å². The smallest absolute Gasteiger partial charge is 0.346 e. The molecule has 0 heterocycles. The third kappa shape index (κ3) is 2.62. The number of esters is 1. The number of benzene rings is 1. The average Bonchev–Trinajstić information content (AvgIpc) is 2.23. The molecule has 0 aliphatic heterocycles. The molecule has 2 N–H and O–H groups in total. The lowest BCUT2D eigenvalue weighted by Gasteiger charge is -2.14. The van der Waals surface area contributed by atoms with Gasteiger partial charge in [0.1, 0.15) is 5.75 Å². The van der Waals surface area contributed by atoms with Gasteiger partial charge in [0.2, 0.25) is 0 Å². The number of nitrogens with two attached hydrogens (primary N) is 1. The van der Waals surface area contributed by atoms with E-state index in [1.54, 1.807) is 13.0 Å². The van der Waals surface area contributed by atoms with Crippen molar-refractivity contribution in [1.82, 2.24) is 0 Å². The van der Waals surface area contributed by atoms with Crippen molar-refractivity contribution in [2.45, 2.75) is 20.0 Å². The van der Waals surface area contributed by atoms with E-state index < -0.39 is 12.1 Å². The second-order valence-electron chi connectivity index (χ2n) is 3.27. The number of nitrogen functional groups attached to an aromatic ring is 1. The fraction of sp³-hybridized carbons (Fsp3) is 0.364. The number of anilines is 1. The van der Waals surface area contributed by atoms with Crippen LogP contribution in [0.3, 0.4) is 0 Å². The Balaban J connectivity index is 2.81. The number of carbonyl (C=O) groups excluding carboxylic acids is 1. The Hall–Kier alpha value is -1.71. The Kier molecular flexibility index (Phi) is 3.55. The molecule has 0 spiro atoms. The first-order valence-electron chi connectivity index (χ1n) is 4.66. The highest BCUT2D eigenvalue weighted by molar-refractivity contribution is 5.75. The van der Waals surface area contributed by atoms with Crippen molar-refractivity contribution in [3.05, 3.63) is 23.8 Å². The second-order valence-corrected chi connectivity index (χ2v) is 3.27. The summed E-state index contributed by atoms with van der Waals surface area (Å²) >= 11 is 0. The molecule has 0 fully saturated rings. The van der Waals surface area contributed by atoms with Gasteiger partial charge >= 0.3 is 5.97 Å². The van der Waals surface area contributed by atoms with Crippen LogP contribution in [-0.2, 0) is 9.53 Å². The number of aryl methyl sites for hydroxylation is 1. The van der Waals surface area contributed by atoms with Crippen LogP contribution in [0.15, 0.2) is 18.2 Å². The highest BCUT2D eigenvalue weighted by atomic mass is 16.6. The van der Waals surface area contributed by atoms with Crippen LogP contribution in [0.1, 0.15) is 12.5 Å². The summed E-state index contributed by atoms with van der Waals surface area (Å²) in [5.41, 5.74) is 7.27. The van der Waals surface area contributed by atoms with Crippen LogP contribution in [0.4, 0.5) is 5.69 Å². The number of para-hydroxylation sites is 1. The minimum atomic E-state index is -0.654. The fourth-order valence-electron chi connectivity index (χ4n) is 1.16. The monoisotopic (exact) mass is 209 g/mol. The van der Waals surface area contributed by atoms with Gasteiger partial charge in [-0.15, -0.1) is 0 Å². The normalized spacial score (nSPS) is 11.9. The first-order chi connectivity index (χ1) is 7.06. The summed E-state index contributed by atoms with van der Waals surface area (Å²) in [7, 11) is 1.32. The van der Waals surface area contributed by atoms with Gasteiger partial charge in [0.25, 0.3) is 0 Å². The van der Waals surface area contributed by atoms with Crippen LogP contribution >= 0.6 is 0 Å². The summed E-state index contributed by atoms with van der Waals surface area (Å²) in [4.78, 5) is 11.1. The summed E-state index contributed by atoms with van der Waals surface area (Å²) < 4.78 is 9.93. The number of methoxy groups -OCH3 is 1. The predicted octanol–water partition coefficient (Wildman–Crippen LogP) is 1.52. The Morgan fingerprint density at radius 2 is 2.13 bits per heavy atom. The van der Waals surface area contributed by atoms with Crippen molar-refractivity contribution in [3.63, 3.8) is 0 Å². The molecule has 0 amide bonds. The van der Waals surface area contributed by atoms with Crippen LogP contribution in [0.5, 0.6) is 5.75 Å². The molecule has 0 radical (unpaired) electrons. The fourth-order valence-corrected chi connectivity index (χ4v) is 1.16. The highest BCUT2D eigenvalue weighted by Crippen LogP contribution is 2.25. The van der Waals surface area contributed by atoms with Gasteiger partial charge in [-0.2, -0.15) is 0 Å². The molecular weight excluding hydrogens is 194 g/mol. The molecule has 0 bridgehead atoms. The molecule has 0 aromatic heterocycles. The molecule has 1 aromatic carbocycles. The van der Waals surface area contributed by atoms with Crippen LogP contribution in [0.25, 0.3) is 0 Å². The first kappa shape index (κ1) is 11.4. The molecule has 4 nitrogen and oxygen atoms in total. The Bertz CT molecular complexity index is 363. The Labute approximate surface area is 89.0 Å². The van der Waals surface area contributed by atoms with Crippen molar-refractivity contribution < 1.29 is 14.3 Å². The van der Waals surface area contributed by atoms with Crippen molar-refractivity contribution >= 4 is 11.7 Å². The molecule has 1 unspecified atom stereocenters. The van der Waals surface area contributed by atoms with Gasteiger partial charge in [0.05, 0.1) is 12.8 Å². The largest absolute Gasteiger partial charge is 0.477 e. The molecule has 82 valence electrons. The topological polar surface area (TPSA) is 61.5 Å². The quantitative estimate of drug-likeness (QED) is 0.605. The Morgan fingerprint density at radius 3 is 2.73 bits per heavy atom. The molecule has 0 aliphatic rings. The van der Waals surface area contributed by atoms with E-state index in [9.17, 15) is 4.79 Å². The summed E-state index contributed by atoms with van der Waals surface area (Å²) in [6.45, 7) is 3.50. The molecule has 1 aromatic rings. The average molecular weight is 209 g/mol. The number of hydrogen-bond donors (Lipinski definition) is 1. The molecule has 4 heteroatoms. The summed E-state index contributed by atoms with van der Waals surface area (Å²) in [5, 5.41) is 0. The zero-order valence-corrected chi connectivity index (χ0v) is 9.11. The minimum Gasteiger partial charge on any atom is -0.477 e. The van der Waals surface area contributed by atoms with E-state index in [2.05, 4.69) is 4.74 Å². The molecule has 1 rings (SSSR count). The number of carbonyl (C=O) groups is 1. The number of hydrogen-bond acceptors (Lipinski definition) is 4. The molecule has 0 saturated carbocycles. The van der Waals surface area contributed by atoms with E-state index in [0.717, 1.165) is 5.56 Å². The minimum absolute atomic E-state index is 0.420. The lowest BCUT2D eigenvalue weighted by Crippen LogP contribution is -2.25. The number of ether oxygens (including phenoxy) is 2. The molecule has 0 aliphatic carbocycles. The van der Waals surface area contributed by atoms with Crippen molar-refractivity contribution in [3.8, 4) is 5.75 Å². The summed E-state index contributed by atoms with van der Waals surface area (Å²) in [6.07, 6.45) is -0.654. The summed E-state index contributed by atoms with van der Waals surface area (Å²) in [5.74, 6) is 0.0869. The van der Waals surface area contributed by atoms with Crippen molar-refractivity contribution in [2.24, 2.45) is 0 Å². The van der Waals surface area contributed by atoms with E-state index >= 15 is 0 Å². The lowest BCUT2D eigenvalue weighted by atomic mass is 10.2. The molecule has 1 atom stereocenters. The standard InChI is InChI=1S/C11H15NO3/c1-7-5-4-6-9(10(7)12)15-8(2)11(13)14-3/h4-6,8H,12H2,1-3H3. The van der Waals surface area contributed by atoms with E-state index in [-0.39, 0.29) is 0 Å². The van der Waals surface area contributed by atoms with Gasteiger partial charge in [0, 0.05) is 0 Å². The first-order valence-corrected chi connectivity index (χ1v) is 4.66.